The average Bonchev–Trinajstić information content (AvgIpc) is 3.37. The molecule has 26 heavy (non-hydrogen) atoms. The lowest BCUT2D eigenvalue weighted by Crippen LogP contribution is -2.18. The Bertz CT molecular complexity index is 915. The molecule has 1 aromatic carbocycles. The highest BCUT2D eigenvalue weighted by molar-refractivity contribution is 8.01. The first-order valence-corrected chi connectivity index (χ1v) is 10.4. The van der Waals surface area contributed by atoms with Gasteiger partial charge in [-0.1, -0.05) is 41.3 Å². The van der Waals surface area contributed by atoms with E-state index in [0.717, 1.165) is 57.6 Å². The Labute approximate surface area is 159 Å². The molecule has 1 aliphatic heterocycles. The van der Waals surface area contributed by atoms with Crippen LogP contribution in [0.15, 0.2) is 28.6 Å². The van der Waals surface area contributed by atoms with Gasteiger partial charge in [-0.3, -0.25) is 4.79 Å². The van der Waals surface area contributed by atoms with Crippen LogP contribution in [0.1, 0.15) is 28.9 Å². The Morgan fingerprint density at radius 1 is 1.42 bits per heavy atom. The number of carbonyl (C=O) groups excluding carboxylic acids is 1. The minimum absolute atomic E-state index is 0.106. The monoisotopic (exact) mass is 388 g/mol. The molecule has 6 nitrogen and oxygen atoms in total. The number of thioether (sulfide) groups is 1. The van der Waals surface area contributed by atoms with Crippen LogP contribution in [0.2, 0.25) is 0 Å². The summed E-state index contributed by atoms with van der Waals surface area (Å²) in [6.07, 6.45) is 2.48. The van der Waals surface area contributed by atoms with Gasteiger partial charge in [0.15, 0.2) is 10.1 Å². The molecule has 3 heterocycles. The summed E-state index contributed by atoms with van der Waals surface area (Å²) in [6, 6.07) is 7.89. The third kappa shape index (κ3) is 3.77. The highest BCUT2D eigenvalue weighted by Gasteiger charge is 2.18. The molecule has 2 N–H and O–H groups in total. The molecule has 2 aromatic heterocycles. The second-order valence-electron chi connectivity index (χ2n) is 6.27. The van der Waals surface area contributed by atoms with Crippen molar-refractivity contribution in [3.63, 3.8) is 0 Å². The molecule has 1 fully saturated rings. The van der Waals surface area contributed by atoms with Gasteiger partial charge in [0, 0.05) is 35.3 Å². The maximum atomic E-state index is 12.7. The quantitative estimate of drug-likeness (QED) is 0.472. The van der Waals surface area contributed by atoms with Crippen molar-refractivity contribution in [2.75, 3.05) is 24.2 Å². The minimum Gasteiger partial charge on any atom is -0.376 e. The number of hydrogen-bond donors (Lipinski definition) is 2. The molecule has 0 saturated carbocycles. The van der Waals surface area contributed by atoms with Crippen LogP contribution >= 0.6 is 23.1 Å². The fraction of sp³-hybridized carbons (Fsp3) is 0.389. The Kier molecular flexibility index (Phi) is 5.23. The maximum absolute atomic E-state index is 12.7. The van der Waals surface area contributed by atoms with Gasteiger partial charge in [-0.25, -0.2) is 0 Å². The van der Waals surface area contributed by atoms with Crippen LogP contribution in [0.25, 0.3) is 10.9 Å². The van der Waals surface area contributed by atoms with E-state index in [1.165, 1.54) is 23.1 Å². The standard InChI is InChI=1S/C18H20N4O2S2/c1-11-16(13-6-2-3-7-14(13)20-11)15(23)10-25-18-22-21-17(26-18)19-9-12-5-4-8-24-12/h2-3,6-7,12,20H,4-5,8-10H2,1H3,(H,19,21). The lowest BCUT2D eigenvalue weighted by atomic mass is 10.1. The van der Waals surface area contributed by atoms with Gasteiger partial charge < -0.3 is 15.0 Å². The number of H-pyrrole nitrogens is 1. The largest absolute Gasteiger partial charge is 0.376 e. The maximum Gasteiger partial charge on any atom is 0.206 e. The molecule has 0 bridgehead atoms. The van der Waals surface area contributed by atoms with Crippen molar-refractivity contribution < 1.29 is 9.53 Å². The number of aromatic amines is 1. The normalized spacial score (nSPS) is 17.0. The van der Waals surface area contributed by atoms with Crippen LogP contribution in [0.5, 0.6) is 0 Å². The van der Waals surface area contributed by atoms with Crippen LogP contribution in [-0.4, -0.2) is 46.0 Å². The summed E-state index contributed by atoms with van der Waals surface area (Å²) in [5, 5.41) is 13.3. The molecule has 0 radical (unpaired) electrons. The fourth-order valence-electron chi connectivity index (χ4n) is 3.18. The van der Waals surface area contributed by atoms with Gasteiger partial charge in [0.1, 0.15) is 0 Å². The topological polar surface area (TPSA) is 79.9 Å². The number of carbonyl (C=O) groups is 1. The number of anilines is 1. The number of Topliss-reactive ketones (excluding diaryl/α,β-unsaturated/α-hetero) is 1. The summed E-state index contributed by atoms with van der Waals surface area (Å²) < 4.78 is 6.39. The molecule has 136 valence electrons. The summed E-state index contributed by atoms with van der Waals surface area (Å²) in [7, 11) is 0. The SMILES string of the molecule is Cc1[nH]c2ccccc2c1C(=O)CSc1nnc(NCC2CCCO2)s1. The molecule has 1 saturated heterocycles. The highest BCUT2D eigenvalue weighted by atomic mass is 32.2. The highest BCUT2D eigenvalue weighted by Crippen LogP contribution is 2.28. The van der Waals surface area contributed by atoms with Crippen molar-refractivity contribution in [3.8, 4) is 0 Å². The number of nitrogens with zero attached hydrogens (tertiary/aromatic N) is 2. The van der Waals surface area contributed by atoms with E-state index < -0.39 is 0 Å². The molecule has 0 aliphatic carbocycles. The number of nitrogens with one attached hydrogen (secondary N) is 2. The molecular formula is C18H20N4O2S2. The zero-order valence-corrected chi connectivity index (χ0v) is 16.1. The molecule has 8 heteroatoms. The Balaban J connectivity index is 1.36. The van der Waals surface area contributed by atoms with Gasteiger partial charge in [-0.2, -0.15) is 0 Å². The Morgan fingerprint density at radius 2 is 2.31 bits per heavy atom. The van der Waals surface area contributed by atoms with Crippen LogP contribution in [0.4, 0.5) is 5.13 Å². The first kappa shape index (κ1) is 17.5. The summed E-state index contributed by atoms with van der Waals surface area (Å²) in [4.78, 5) is 16.0. The molecule has 4 rings (SSSR count). The molecule has 1 unspecified atom stereocenters. The molecule has 0 amide bonds. The van der Waals surface area contributed by atoms with E-state index in [0.29, 0.717) is 5.75 Å². The fourth-order valence-corrected chi connectivity index (χ4v) is 4.81. The third-order valence-electron chi connectivity index (χ3n) is 4.41. The van der Waals surface area contributed by atoms with Crippen LogP contribution in [-0.2, 0) is 4.74 Å². The first-order valence-electron chi connectivity index (χ1n) is 8.63. The summed E-state index contributed by atoms with van der Waals surface area (Å²) in [5.41, 5.74) is 2.68. The van der Waals surface area contributed by atoms with Gasteiger partial charge >= 0.3 is 0 Å². The van der Waals surface area contributed by atoms with Gasteiger partial charge in [-0.05, 0) is 25.8 Å². The predicted octanol–water partition coefficient (Wildman–Crippen LogP) is 3.89. The van der Waals surface area contributed by atoms with Crippen molar-refractivity contribution >= 4 is 44.9 Å². The van der Waals surface area contributed by atoms with Gasteiger partial charge in [0.05, 0.1) is 11.9 Å². The molecular weight excluding hydrogens is 368 g/mol. The Morgan fingerprint density at radius 3 is 3.15 bits per heavy atom. The van der Waals surface area contributed by atoms with E-state index in [4.69, 9.17) is 4.74 Å². The minimum atomic E-state index is 0.106. The summed E-state index contributed by atoms with van der Waals surface area (Å²) in [6.45, 7) is 3.54. The number of para-hydroxylation sites is 1. The molecule has 3 aromatic rings. The third-order valence-corrected chi connectivity index (χ3v) is 6.42. The van der Waals surface area contributed by atoms with Crippen LogP contribution < -0.4 is 5.32 Å². The Hall–Kier alpha value is -1.90. The number of fused-ring (bicyclic) bond motifs is 1. The van der Waals surface area contributed by atoms with Crippen molar-refractivity contribution in [1.82, 2.24) is 15.2 Å². The number of aromatic nitrogens is 3. The first-order chi connectivity index (χ1) is 12.7. The second-order valence-corrected chi connectivity index (χ2v) is 8.47. The zero-order chi connectivity index (χ0) is 17.9. The van der Waals surface area contributed by atoms with Gasteiger partial charge in [-0.15, -0.1) is 10.2 Å². The summed E-state index contributed by atoms with van der Waals surface area (Å²) >= 11 is 2.91. The number of rotatable bonds is 7. The van der Waals surface area contributed by atoms with E-state index in [-0.39, 0.29) is 11.9 Å². The van der Waals surface area contributed by atoms with Crippen LogP contribution in [0, 0.1) is 6.92 Å². The van der Waals surface area contributed by atoms with E-state index >= 15 is 0 Å². The number of ether oxygens (including phenoxy) is 1. The number of hydrogen-bond acceptors (Lipinski definition) is 7. The molecule has 1 aliphatic rings. The van der Waals surface area contributed by atoms with Crippen molar-refractivity contribution in [1.29, 1.82) is 0 Å². The predicted molar refractivity (Wildman–Crippen MR) is 105 cm³/mol. The van der Waals surface area contributed by atoms with E-state index in [1.807, 2.05) is 31.2 Å². The summed E-state index contributed by atoms with van der Waals surface area (Å²) in [5.74, 6) is 0.456. The molecule has 1 atom stereocenters. The van der Waals surface area contributed by atoms with Crippen molar-refractivity contribution in [2.45, 2.75) is 30.2 Å². The van der Waals surface area contributed by atoms with Crippen molar-refractivity contribution in [2.24, 2.45) is 0 Å². The number of aryl methyl sites for hydroxylation is 1. The average molecular weight is 389 g/mol. The van der Waals surface area contributed by atoms with Gasteiger partial charge in [0.2, 0.25) is 5.13 Å². The smallest absolute Gasteiger partial charge is 0.206 e. The van der Waals surface area contributed by atoms with Crippen LogP contribution in [0.3, 0.4) is 0 Å². The zero-order valence-electron chi connectivity index (χ0n) is 14.4. The lowest BCUT2D eigenvalue weighted by molar-refractivity contribution is 0.102. The number of benzene rings is 1. The van der Waals surface area contributed by atoms with E-state index in [1.54, 1.807) is 0 Å². The van der Waals surface area contributed by atoms with Crippen molar-refractivity contribution in [3.05, 3.63) is 35.5 Å². The molecule has 0 spiro atoms. The van der Waals surface area contributed by atoms with E-state index in [2.05, 4.69) is 20.5 Å². The second kappa shape index (κ2) is 7.77. The lowest BCUT2D eigenvalue weighted by Gasteiger charge is -2.08. The van der Waals surface area contributed by atoms with E-state index in [9.17, 15) is 4.79 Å². The number of ketones is 1. The van der Waals surface area contributed by atoms with Gasteiger partial charge in [0.25, 0.3) is 0 Å².